The number of hydrogen-bond acceptors (Lipinski definition) is 3. The van der Waals surface area contributed by atoms with Crippen LogP contribution >= 0.6 is 0 Å². The molecule has 2 heterocycles. The van der Waals surface area contributed by atoms with E-state index in [-0.39, 0.29) is 5.92 Å². The zero-order valence-electron chi connectivity index (χ0n) is 9.02. The number of rotatable bonds is 2. The summed E-state index contributed by atoms with van der Waals surface area (Å²) in [4.78, 5) is 4.10. The molecule has 1 fully saturated rings. The summed E-state index contributed by atoms with van der Waals surface area (Å²) in [5, 5.41) is 10.1. The maximum atomic E-state index is 10.1. The number of aliphatic hydroxyl groups is 1. The summed E-state index contributed by atoms with van der Waals surface area (Å²) in [6, 6.07) is 1.99. The van der Waals surface area contributed by atoms with Crippen LogP contribution in [0.5, 0.6) is 0 Å². The van der Waals surface area contributed by atoms with Crippen LogP contribution < -0.4 is 0 Å². The second-order valence-electron chi connectivity index (χ2n) is 4.22. The standard InChI is InChI=1S/C12H17NO2/c1-9-5-11(7-13-6-9)12(14)10-3-2-4-15-8-10/h5-7,10,12,14H,2-4,8H2,1H3. The van der Waals surface area contributed by atoms with Gasteiger partial charge in [0.05, 0.1) is 12.7 Å². The third-order valence-electron chi connectivity index (χ3n) is 2.88. The lowest BCUT2D eigenvalue weighted by atomic mass is 9.91. The molecule has 0 radical (unpaired) electrons. The van der Waals surface area contributed by atoms with Gasteiger partial charge < -0.3 is 9.84 Å². The SMILES string of the molecule is Cc1cncc(C(O)C2CCCOC2)c1. The maximum Gasteiger partial charge on any atom is 0.0855 e. The second kappa shape index (κ2) is 4.73. The van der Waals surface area contributed by atoms with Crippen molar-refractivity contribution in [3.05, 3.63) is 29.6 Å². The maximum absolute atomic E-state index is 10.1. The zero-order valence-corrected chi connectivity index (χ0v) is 9.02. The van der Waals surface area contributed by atoms with Gasteiger partial charge in [-0.2, -0.15) is 0 Å². The number of pyridine rings is 1. The van der Waals surface area contributed by atoms with Crippen molar-refractivity contribution < 1.29 is 9.84 Å². The van der Waals surface area contributed by atoms with Crippen LogP contribution in [-0.2, 0) is 4.74 Å². The minimum atomic E-state index is -0.433. The summed E-state index contributed by atoms with van der Waals surface area (Å²) in [5.74, 6) is 0.224. The molecule has 2 atom stereocenters. The Kier molecular flexibility index (Phi) is 3.34. The van der Waals surface area contributed by atoms with Crippen LogP contribution in [0, 0.1) is 12.8 Å². The molecule has 0 aromatic carbocycles. The number of hydrogen-bond donors (Lipinski definition) is 1. The Bertz CT molecular complexity index is 321. The van der Waals surface area contributed by atoms with Crippen LogP contribution in [0.2, 0.25) is 0 Å². The van der Waals surface area contributed by atoms with E-state index in [0.717, 1.165) is 30.6 Å². The van der Waals surface area contributed by atoms with E-state index in [4.69, 9.17) is 4.74 Å². The van der Waals surface area contributed by atoms with E-state index in [0.29, 0.717) is 6.61 Å². The molecule has 2 rings (SSSR count). The van der Waals surface area contributed by atoms with Crippen LogP contribution in [0.1, 0.15) is 30.1 Å². The Morgan fingerprint density at radius 2 is 2.40 bits per heavy atom. The van der Waals surface area contributed by atoms with Gasteiger partial charge in [0, 0.05) is 24.9 Å². The average Bonchev–Trinajstić information content (AvgIpc) is 2.29. The highest BCUT2D eigenvalue weighted by Gasteiger charge is 2.23. The smallest absolute Gasteiger partial charge is 0.0855 e. The molecular formula is C12H17NO2. The molecule has 0 spiro atoms. The van der Waals surface area contributed by atoms with Crippen LogP contribution in [0.3, 0.4) is 0 Å². The van der Waals surface area contributed by atoms with Gasteiger partial charge in [0.15, 0.2) is 0 Å². The van der Waals surface area contributed by atoms with Gasteiger partial charge in [0.2, 0.25) is 0 Å². The quantitative estimate of drug-likeness (QED) is 0.804. The van der Waals surface area contributed by atoms with E-state index < -0.39 is 6.10 Å². The normalized spacial score (nSPS) is 23.7. The Morgan fingerprint density at radius 1 is 1.53 bits per heavy atom. The van der Waals surface area contributed by atoms with Crippen LogP contribution in [0.4, 0.5) is 0 Å². The number of aryl methyl sites for hydroxylation is 1. The van der Waals surface area contributed by atoms with Crippen molar-refractivity contribution in [2.75, 3.05) is 13.2 Å². The molecule has 1 aliphatic rings. The monoisotopic (exact) mass is 207 g/mol. The van der Waals surface area contributed by atoms with Crippen molar-refractivity contribution in [3.8, 4) is 0 Å². The fourth-order valence-corrected chi connectivity index (χ4v) is 2.03. The van der Waals surface area contributed by atoms with Gasteiger partial charge in [0.25, 0.3) is 0 Å². The molecule has 1 aromatic rings. The predicted octanol–water partition coefficient (Wildman–Crippen LogP) is 1.85. The van der Waals surface area contributed by atoms with Crippen LogP contribution in [0.15, 0.2) is 18.5 Å². The molecule has 0 amide bonds. The first kappa shape index (κ1) is 10.6. The highest BCUT2D eigenvalue weighted by atomic mass is 16.5. The number of nitrogens with zero attached hydrogens (tertiary/aromatic N) is 1. The molecule has 1 aromatic heterocycles. The lowest BCUT2D eigenvalue weighted by Gasteiger charge is -2.26. The fraction of sp³-hybridized carbons (Fsp3) is 0.583. The predicted molar refractivity (Wildman–Crippen MR) is 57.5 cm³/mol. The molecular weight excluding hydrogens is 190 g/mol. The molecule has 0 aliphatic carbocycles. The number of aliphatic hydroxyl groups excluding tert-OH is 1. The first-order chi connectivity index (χ1) is 7.27. The van der Waals surface area contributed by atoms with Crippen LogP contribution in [0.25, 0.3) is 0 Å². The van der Waals surface area contributed by atoms with E-state index in [2.05, 4.69) is 4.98 Å². The summed E-state index contributed by atoms with van der Waals surface area (Å²) >= 11 is 0. The number of ether oxygens (including phenoxy) is 1. The average molecular weight is 207 g/mol. The van der Waals surface area contributed by atoms with Gasteiger partial charge in [-0.05, 0) is 30.9 Å². The van der Waals surface area contributed by atoms with E-state index in [1.807, 2.05) is 13.0 Å². The lowest BCUT2D eigenvalue weighted by Crippen LogP contribution is -2.23. The molecule has 1 saturated heterocycles. The molecule has 15 heavy (non-hydrogen) atoms. The Labute approximate surface area is 90.1 Å². The highest BCUT2D eigenvalue weighted by molar-refractivity contribution is 5.19. The van der Waals surface area contributed by atoms with Gasteiger partial charge >= 0.3 is 0 Å². The minimum absolute atomic E-state index is 0.224. The van der Waals surface area contributed by atoms with Crippen molar-refractivity contribution in [1.29, 1.82) is 0 Å². The van der Waals surface area contributed by atoms with Crippen molar-refractivity contribution in [2.45, 2.75) is 25.9 Å². The highest BCUT2D eigenvalue weighted by Crippen LogP contribution is 2.28. The topological polar surface area (TPSA) is 42.4 Å². The van der Waals surface area contributed by atoms with Crippen molar-refractivity contribution in [2.24, 2.45) is 5.92 Å². The molecule has 3 nitrogen and oxygen atoms in total. The molecule has 2 unspecified atom stereocenters. The first-order valence-electron chi connectivity index (χ1n) is 5.45. The van der Waals surface area contributed by atoms with E-state index in [1.54, 1.807) is 12.4 Å². The molecule has 82 valence electrons. The summed E-state index contributed by atoms with van der Waals surface area (Å²) in [7, 11) is 0. The Balaban J connectivity index is 2.08. The molecule has 0 saturated carbocycles. The third-order valence-corrected chi connectivity index (χ3v) is 2.88. The largest absolute Gasteiger partial charge is 0.388 e. The lowest BCUT2D eigenvalue weighted by molar-refractivity contribution is -0.0101. The summed E-state index contributed by atoms with van der Waals surface area (Å²) < 4.78 is 5.37. The molecule has 1 N–H and O–H groups in total. The fourth-order valence-electron chi connectivity index (χ4n) is 2.03. The van der Waals surface area contributed by atoms with Crippen molar-refractivity contribution in [1.82, 2.24) is 4.98 Å². The zero-order chi connectivity index (χ0) is 10.7. The van der Waals surface area contributed by atoms with Crippen molar-refractivity contribution in [3.63, 3.8) is 0 Å². The van der Waals surface area contributed by atoms with E-state index in [9.17, 15) is 5.11 Å². The summed E-state index contributed by atoms with van der Waals surface area (Å²) in [6.45, 7) is 3.48. The van der Waals surface area contributed by atoms with Gasteiger partial charge in [-0.15, -0.1) is 0 Å². The first-order valence-corrected chi connectivity index (χ1v) is 5.45. The summed E-state index contributed by atoms with van der Waals surface area (Å²) in [5.41, 5.74) is 1.99. The molecule has 1 aliphatic heterocycles. The molecule has 3 heteroatoms. The van der Waals surface area contributed by atoms with Gasteiger partial charge in [-0.25, -0.2) is 0 Å². The van der Waals surface area contributed by atoms with Gasteiger partial charge in [0.1, 0.15) is 0 Å². The van der Waals surface area contributed by atoms with Crippen LogP contribution in [-0.4, -0.2) is 23.3 Å². The van der Waals surface area contributed by atoms with Gasteiger partial charge in [-0.3, -0.25) is 4.98 Å². The van der Waals surface area contributed by atoms with E-state index in [1.165, 1.54) is 0 Å². The van der Waals surface area contributed by atoms with Gasteiger partial charge in [-0.1, -0.05) is 6.07 Å². The summed E-state index contributed by atoms with van der Waals surface area (Å²) in [6.07, 6.45) is 5.19. The number of aromatic nitrogens is 1. The second-order valence-corrected chi connectivity index (χ2v) is 4.22. The Hall–Kier alpha value is -0.930. The third kappa shape index (κ3) is 2.55. The van der Waals surface area contributed by atoms with Crippen molar-refractivity contribution >= 4 is 0 Å². The molecule has 0 bridgehead atoms. The minimum Gasteiger partial charge on any atom is -0.388 e. The van der Waals surface area contributed by atoms with E-state index >= 15 is 0 Å². The Morgan fingerprint density at radius 3 is 3.07 bits per heavy atom.